The van der Waals surface area contributed by atoms with Crippen LogP contribution < -0.4 is 5.32 Å². The number of allylic oxidation sites excluding steroid dienone is 13. The van der Waals surface area contributed by atoms with Crippen molar-refractivity contribution in [2.45, 2.75) is 269 Å². The van der Waals surface area contributed by atoms with Gasteiger partial charge in [0.25, 0.3) is 0 Å². The Morgan fingerprint density at radius 3 is 1.35 bits per heavy atom. The van der Waals surface area contributed by atoms with E-state index in [0.29, 0.717) is 6.42 Å². The topological polar surface area (TPSA) is 149 Å². The summed E-state index contributed by atoms with van der Waals surface area (Å²) in [5.41, 5.74) is 0. The van der Waals surface area contributed by atoms with Gasteiger partial charge < -0.3 is 40.3 Å². The molecule has 1 fully saturated rings. The molecule has 0 aromatic carbocycles. The predicted molar refractivity (Wildman–Crippen MR) is 285 cm³/mol. The quantitative estimate of drug-likeness (QED) is 0.0261. The van der Waals surface area contributed by atoms with Crippen molar-refractivity contribution in [1.82, 2.24) is 5.32 Å². The molecule has 1 saturated heterocycles. The Morgan fingerprint density at radius 1 is 0.515 bits per heavy atom. The van der Waals surface area contributed by atoms with Crippen LogP contribution in [0.15, 0.2) is 85.1 Å². The number of ether oxygens (including phenoxy) is 2. The lowest BCUT2D eigenvalue weighted by atomic mass is 9.99. The van der Waals surface area contributed by atoms with Gasteiger partial charge >= 0.3 is 0 Å². The van der Waals surface area contributed by atoms with Gasteiger partial charge in [-0.25, -0.2) is 0 Å². The van der Waals surface area contributed by atoms with Crippen LogP contribution in [0.1, 0.15) is 226 Å². The highest BCUT2D eigenvalue weighted by Gasteiger charge is 2.44. The van der Waals surface area contributed by atoms with Crippen molar-refractivity contribution in [1.29, 1.82) is 0 Å². The second-order valence-corrected chi connectivity index (χ2v) is 19.0. The van der Waals surface area contributed by atoms with E-state index in [1.807, 2.05) is 6.08 Å². The van der Waals surface area contributed by atoms with Gasteiger partial charge in [0.05, 0.1) is 25.4 Å². The van der Waals surface area contributed by atoms with Crippen molar-refractivity contribution < 1.29 is 39.8 Å². The lowest BCUT2D eigenvalue weighted by Crippen LogP contribution is -2.60. The number of hydrogen-bond acceptors (Lipinski definition) is 8. The minimum atomic E-state index is -1.57. The van der Waals surface area contributed by atoms with E-state index in [9.17, 15) is 30.3 Å². The molecule has 1 amide bonds. The fourth-order valence-electron chi connectivity index (χ4n) is 8.34. The molecule has 392 valence electrons. The monoisotopic (exact) mass is 954 g/mol. The maximum atomic E-state index is 13.0. The number of hydrogen-bond donors (Lipinski definition) is 6. The molecule has 1 rings (SSSR count). The van der Waals surface area contributed by atoms with Crippen LogP contribution in [0.5, 0.6) is 0 Å². The summed E-state index contributed by atoms with van der Waals surface area (Å²) in [6.45, 7) is 3.66. The molecule has 9 nitrogen and oxygen atoms in total. The highest BCUT2D eigenvalue weighted by Crippen LogP contribution is 2.23. The summed E-state index contributed by atoms with van der Waals surface area (Å²) in [5, 5.41) is 54.5. The number of aliphatic hydroxyl groups excluding tert-OH is 5. The van der Waals surface area contributed by atoms with E-state index in [0.717, 1.165) is 89.9 Å². The number of rotatable bonds is 46. The average molecular weight is 954 g/mol. The largest absolute Gasteiger partial charge is 0.394 e. The first kappa shape index (κ1) is 63.4. The molecule has 0 spiro atoms. The van der Waals surface area contributed by atoms with Crippen LogP contribution in [-0.4, -0.2) is 87.5 Å². The molecular weight excluding hydrogens is 851 g/mol. The van der Waals surface area contributed by atoms with Gasteiger partial charge in [0.1, 0.15) is 24.4 Å². The number of carbonyl (C=O) groups excluding carboxylic acids is 1. The van der Waals surface area contributed by atoms with Gasteiger partial charge in [-0.1, -0.05) is 234 Å². The van der Waals surface area contributed by atoms with Crippen molar-refractivity contribution in [3.05, 3.63) is 85.1 Å². The van der Waals surface area contributed by atoms with E-state index in [1.165, 1.54) is 116 Å². The van der Waals surface area contributed by atoms with E-state index < -0.39 is 49.5 Å². The van der Waals surface area contributed by atoms with Gasteiger partial charge in [0.2, 0.25) is 5.91 Å². The highest BCUT2D eigenvalue weighted by molar-refractivity contribution is 5.76. The molecular formula is C59H103NO8. The number of amides is 1. The minimum absolute atomic E-state index is 0.188. The maximum Gasteiger partial charge on any atom is 0.220 e. The molecule has 0 bridgehead atoms. The fourth-order valence-corrected chi connectivity index (χ4v) is 8.34. The normalized spacial score (nSPS) is 20.2. The van der Waals surface area contributed by atoms with Gasteiger partial charge in [-0.15, -0.1) is 0 Å². The molecule has 0 saturated carbocycles. The van der Waals surface area contributed by atoms with Crippen LogP contribution in [-0.2, 0) is 14.3 Å². The molecule has 0 aromatic rings. The molecule has 0 aliphatic carbocycles. The van der Waals surface area contributed by atoms with E-state index in [2.05, 4.69) is 92.1 Å². The Hall–Kier alpha value is -2.63. The third-order valence-corrected chi connectivity index (χ3v) is 12.7. The first-order valence-electron chi connectivity index (χ1n) is 27.8. The predicted octanol–water partition coefficient (Wildman–Crippen LogP) is 13.5. The zero-order valence-corrected chi connectivity index (χ0v) is 43.3. The molecule has 1 aliphatic rings. The number of carbonyl (C=O) groups is 1. The number of nitrogens with one attached hydrogen (secondary N) is 1. The Kier molecular flexibility index (Phi) is 44.8. The Balaban J connectivity index is 2.26. The van der Waals surface area contributed by atoms with Crippen LogP contribution in [0.4, 0.5) is 0 Å². The summed E-state index contributed by atoms with van der Waals surface area (Å²) in [5.74, 6) is -0.188. The lowest BCUT2D eigenvalue weighted by Gasteiger charge is -2.40. The Bertz CT molecular complexity index is 1340. The minimum Gasteiger partial charge on any atom is -0.394 e. The van der Waals surface area contributed by atoms with Crippen molar-refractivity contribution >= 4 is 5.91 Å². The van der Waals surface area contributed by atoms with Gasteiger partial charge in [-0.05, 0) is 70.6 Å². The van der Waals surface area contributed by atoms with Gasteiger partial charge in [0.15, 0.2) is 6.29 Å². The summed E-state index contributed by atoms with van der Waals surface area (Å²) in [6, 6.07) is -0.815. The molecule has 1 heterocycles. The molecule has 6 N–H and O–H groups in total. The van der Waals surface area contributed by atoms with Crippen LogP contribution >= 0.6 is 0 Å². The zero-order chi connectivity index (χ0) is 49.4. The molecule has 68 heavy (non-hydrogen) atoms. The van der Waals surface area contributed by atoms with Gasteiger partial charge in [-0.3, -0.25) is 4.79 Å². The van der Waals surface area contributed by atoms with Crippen molar-refractivity contribution in [2.24, 2.45) is 0 Å². The molecule has 0 aromatic heterocycles. The Labute approximate surface area is 416 Å². The van der Waals surface area contributed by atoms with Gasteiger partial charge in [0, 0.05) is 6.42 Å². The molecule has 0 radical (unpaired) electrons. The van der Waals surface area contributed by atoms with Gasteiger partial charge in [-0.2, -0.15) is 0 Å². The van der Waals surface area contributed by atoms with Crippen LogP contribution in [0, 0.1) is 0 Å². The fraction of sp³-hybridized carbons (Fsp3) is 0.746. The lowest BCUT2D eigenvalue weighted by molar-refractivity contribution is -0.302. The van der Waals surface area contributed by atoms with Crippen LogP contribution in [0.25, 0.3) is 0 Å². The summed E-state index contributed by atoms with van der Waals surface area (Å²) < 4.78 is 11.3. The summed E-state index contributed by atoms with van der Waals surface area (Å²) >= 11 is 0. The van der Waals surface area contributed by atoms with E-state index in [4.69, 9.17) is 9.47 Å². The summed E-state index contributed by atoms with van der Waals surface area (Å²) in [7, 11) is 0. The van der Waals surface area contributed by atoms with Crippen LogP contribution in [0.3, 0.4) is 0 Å². The molecule has 1 aliphatic heterocycles. The first-order chi connectivity index (χ1) is 33.3. The van der Waals surface area contributed by atoms with Crippen LogP contribution in [0.2, 0.25) is 0 Å². The number of unbranched alkanes of at least 4 members (excludes halogenated alkanes) is 24. The second-order valence-electron chi connectivity index (χ2n) is 19.0. The van der Waals surface area contributed by atoms with Crippen molar-refractivity contribution in [3.63, 3.8) is 0 Å². The third-order valence-electron chi connectivity index (χ3n) is 12.7. The van der Waals surface area contributed by atoms with Crippen molar-refractivity contribution in [2.75, 3.05) is 13.2 Å². The number of aliphatic hydroxyl groups is 5. The smallest absolute Gasteiger partial charge is 0.220 e. The van der Waals surface area contributed by atoms with E-state index in [1.54, 1.807) is 6.08 Å². The standard InChI is InChI=1S/C59H103NO8/c1-3-5-7-9-11-13-15-17-19-21-23-24-25-26-27-28-29-30-31-33-35-37-39-41-43-45-47-49-55(63)60-52(51-67-59-58(66)57(65)56(64)54(50-61)68-59)53(62)48-46-44-42-40-38-36-34-32-22-20-18-16-14-12-10-8-6-4-2/h5,7,11,13,17,19,23-24,26-27,29-30,46,48,52-54,56-59,61-62,64-66H,3-4,6,8-10,12,14-16,18,20-22,25,28,31-45,47,49-51H2,1-2H3,(H,60,63)/b7-5-,13-11-,19-17-,24-23-,27-26-,30-29-,48-46+. The third kappa shape index (κ3) is 37.2. The highest BCUT2D eigenvalue weighted by atomic mass is 16.7. The molecule has 9 heteroatoms. The summed E-state index contributed by atoms with van der Waals surface area (Å²) in [4.78, 5) is 13.0. The summed E-state index contributed by atoms with van der Waals surface area (Å²) in [6.07, 6.45) is 60.6. The first-order valence-corrected chi connectivity index (χ1v) is 27.8. The Morgan fingerprint density at radius 2 is 0.912 bits per heavy atom. The van der Waals surface area contributed by atoms with E-state index in [-0.39, 0.29) is 12.5 Å². The molecule has 7 atom stereocenters. The second kappa shape index (κ2) is 48.0. The van der Waals surface area contributed by atoms with Crippen molar-refractivity contribution in [3.8, 4) is 0 Å². The SMILES string of the molecule is CC/C=C\C/C=C\C/C=C\C/C=C\C/C=C\C/C=C\CCCCCCCCCCC(=O)NC(COC1OC(CO)C(O)C(O)C1O)C(O)/C=C/CCCCCCCCCCCCCCCCCC. The maximum absolute atomic E-state index is 13.0. The average Bonchev–Trinajstić information content (AvgIpc) is 3.34. The zero-order valence-electron chi connectivity index (χ0n) is 43.3. The molecule has 7 unspecified atom stereocenters. The van der Waals surface area contributed by atoms with E-state index >= 15 is 0 Å².